The lowest BCUT2D eigenvalue weighted by molar-refractivity contribution is -0.661. The summed E-state index contributed by atoms with van der Waals surface area (Å²) in [4.78, 5) is 20.3. The third kappa shape index (κ3) is 2.83. The van der Waals surface area contributed by atoms with Crippen molar-refractivity contribution in [1.82, 2.24) is 0 Å². The molecule has 98 valence electrons. The Hall–Kier alpha value is -2.54. The number of rotatable bonds is 3. The van der Waals surface area contributed by atoms with Crippen LogP contribution in [0.15, 0.2) is 48.7 Å². The van der Waals surface area contributed by atoms with Gasteiger partial charge in [-0.1, -0.05) is 22.8 Å². The highest BCUT2D eigenvalue weighted by molar-refractivity contribution is 5.43. The van der Waals surface area contributed by atoms with Gasteiger partial charge in [0.25, 0.3) is 0 Å². The van der Waals surface area contributed by atoms with E-state index in [-0.39, 0.29) is 12.4 Å². The molecule has 0 saturated heterocycles. The number of nitrogens with zero attached hydrogens (tertiary/aromatic N) is 3. The summed E-state index contributed by atoms with van der Waals surface area (Å²) >= 11 is 0. The highest BCUT2D eigenvalue weighted by Gasteiger charge is 2.37. The second kappa shape index (κ2) is 5.87. The highest BCUT2D eigenvalue weighted by Crippen LogP contribution is 2.22. The molecule has 0 radical (unpaired) electrons. The average molecular weight is 282 g/mol. The van der Waals surface area contributed by atoms with Gasteiger partial charge in [-0.25, -0.2) is 0 Å². The zero-order valence-electron chi connectivity index (χ0n) is 9.47. The van der Waals surface area contributed by atoms with Gasteiger partial charge in [0.1, 0.15) is 4.92 Å². The summed E-state index contributed by atoms with van der Waals surface area (Å²) in [7, 11) is 0. The van der Waals surface area contributed by atoms with Crippen LogP contribution < -0.4 is 17.0 Å². The summed E-state index contributed by atoms with van der Waals surface area (Å²) < 4.78 is 1.18. The van der Waals surface area contributed by atoms with E-state index in [2.05, 4.69) is 0 Å². The van der Waals surface area contributed by atoms with Crippen LogP contribution in [0.5, 0.6) is 0 Å². The van der Waals surface area contributed by atoms with Crippen LogP contribution >= 0.6 is 0 Å². The van der Waals surface area contributed by atoms with Crippen LogP contribution in [0.4, 0.5) is 11.5 Å². The van der Waals surface area contributed by atoms with Gasteiger partial charge in [0, 0.05) is 24.3 Å². The Balaban J connectivity index is 0.00000180. The summed E-state index contributed by atoms with van der Waals surface area (Å²) in [5.41, 5.74) is -0.0424. The van der Waals surface area contributed by atoms with Crippen molar-refractivity contribution in [1.29, 1.82) is 0 Å². The molecule has 7 nitrogen and oxygen atoms in total. The maximum atomic E-state index is 11.0. The topological polar surface area (TPSA) is 90.2 Å². The molecule has 1 aromatic heterocycles. The fourth-order valence-electron chi connectivity index (χ4n) is 1.61. The van der Waals surface area contributed by atoms with Gasteiger partial charge >= 0.3 is 11.5 Å². The standard InChI is InChI=1S/C11H8N3O4.ClH/c15-13(16)10-7-4-8-12(11(10)14(17)18)9-5-2-1-3-6-9;/h1-8H;1H/q+1;/p-1. The van der Waals surface area contributed by atoms with Gasteiger partial charge in [0.05, 0.1) is 4.92 Å². The fourth-order valence-corrected chi connectivity index (χ4v) is 1.61. The third-order valence-electron chi connectivity index (χ3n) is 2.35. The summed E-state index contributed by atoms with van der Waals surface area (Å²) in [6.07, 6.45) is 1.42. The van der Waals surface area contributed by atoms with Crippen molar-refractivity contribution in [2.75, 3.05) is 0 Å². The molecule has 0 N–H and O–H groups in total. The molecule has 0 bridgehead atoms. The molecular formula is C11H8ClN3O4. The molecule has 0 aliphatic heterocycles. The molecule has 0 aliphatic rings. The van der Waals surface area contributed by atoms with E-state index >= 15 is 0 Å². The molecule has 0 atom stereocenters. The van der Waals surface area contributed by atoms with Gasteiger partial charge in [-0.05, 0) is 0 Å². The van der Waals surface area contributed by atoms with Crippen molar-refractivity contribution in [3.05, 3.63) is 68.9 Å². The van der Waals surface area contributed by atoms with Crippen molar-refractivity contribution in [2.24, 2.45) is 0 Å². The summed E-state index contributed by atoms with van der Waals surface area (Å²) in [5, 5.41) is 21.8. The molecule has 0 aliphatic carbocycles. The SMILES string of the molecule is O=[N+]([O-])c1ccc[n+](-c2ccccc2)c1[N+](=O)[O-].[Cl-]. The molecule has 2 aromatic rings. The van der Waals surface area contributed by atoms with Crippen molar-refractivity contribution in [3.63, 3.8) is 0 Å². The van der Waals surface area contributed by atoms with Crippen molar-refractivity contribution < 1.29 is 26.8 Å². The molecular weight excluding hydrogens is 274 g/mol. The van der Waals surface area contributed by atoms with Gasteiger partial charge in [-0.15, -0.1) is 0 Å². The Morgan fingerprint density at radius 1 is 0.895 bits per heavy atom. The Morgan fingerprint density at radius 3 is 2.05 bits per heavy atom. The highest BCUT2D eigenvalue weighted by atomic mass is 35.5. The van der Waals surface area contributed by atoms with Gasteiger partial charge in [-0.3, -0.25) is 20.2 Å². The minimum Gasteiger partial charge on any atom is -1.00 e. The quantitative estimate of drug-likeness (QED) is 0.401. The second-order valence-electron chi connectivity index (χ2n) is 3.44. The largest absolute Gasteiger partial charge is 1.00 e. The van der Waals surface area contributed by atoms with E-state index in [1.165, 1.54) is 16.8 Å². The van der Waals surface area contributed by atoms with Gasteiger partial charge < -0.3 is 12.4 Å². The first-order chi connectivity index (χ1) is 8.61. The monoisotopic (exact) mass is 281 g/mol. The lowest BCUT2D eigenvalue weighted by Crippen LogP contribution is -3.00. The first kappa shape index (κ1) is 14.5. The zero-order valence-corrected chi connectivity index (χ0v) is 10.2. The van der Waals surface area contributed by atoms with Crippen molar-refractivity contribution in [3.8, 4) is 5.69 Å². The third-order valence-corrected chi connectivity index (χ3v) is 2.35. The van der Waals surface area contributed by atoms with Crippen LogP contribution in [0.1, 0.15) is 0 Å². The van der Waals surface area contributed by atoms with E-state index in [9.17, 15) is 20.2 Å². The van der Waals surface area contributed by atoms with E-state index in [4.69, 9.17) is 0 Å². The molecule has 0 saturated carbocycles. The number of hydrogen-bond acceptors (Lipinski definition) is 4. The van der Waals surface area contributed by atoms with Crippen LogP contribution in [0.3, 0.4) is 0 Å². The summed E-state index contributed by atoms with van der Waals surface area (Å²) in [5.74, 6) is -0.561. The van der Waals surface area contributed by atoms with Gasteiger partial charge in [-0.2, -0.15) is 0 Å². The van der Waals surface area contributed by atoms with E-state index in [1.807, 2.05) is 0 Å². The molecule has 0 amide bonds. The predicted octanol–water partition coefficient (Wildman–Crippen LogP) is -1.22. The van der Waals surface area contributed by atoms with E-state index in [0.29, 0.717) is 5.69 Å². The molecule has 0 spiro atoms. The van der Waals surface area contributed by atoms with Crippen LogP contribution in [0.25, 0.3) is 5.69 Å². The Morgan fingerprint density at radius 2 is 1.53 bits per heavy atom. The van der Waals surface area contributed by atoms with Crippen molar-refractivity contribution >= 4 is 11.5 Å². The lowest BCUT2D eigenvalue weighted by Gasteiger charge is -1.96. The summed E-state index contributed by atoms with van der Waals surface area (Å²) in [6.45, 7) is 0. The first-order valence-corrected chi connectivity index (χ1v) is 5.00. The van der Waals surface area contributed by atoms with Crippen LogP contribution in [-0.4, -0.2) is 9.85 Å². The molecule has 0 unspecified atom stereocenters. The van der Waals surface area contributed by atoms with Crippen molar-refractivity contribution in [2.45, 2.75) is 0 Å². The Kier molecular flexibility index (Phi) is 4.49. The number of halogens is 1. The smallest absolute Gasteiger partial charge is 0.585 e. The maximum Gasteiger partial charge on any atom is 0.585 e. The second-order valence-corrected chi connectivity index (χ2v) is 3.44. The fraction of sp³-hybridized carbons (Fsp3) is 0. The van der Waals surface area contributed by atoms with Crippen LogP contribution in [0.2, 0.25) is 0 Å². The number of pyridine rings is 1. The van der Waals surface area contributed by atoms with Gasteiger partial charge in [0.15, 0.2) is 6.20 Å². The molecule has 2 rings (SSSR count). The Bertz CT molecular complexity index is 619. The minimum absolute atomic E-state index is 0. The Labute approximate surface area is 113 Å². The predicted molar refractivity (Wildman–Crippen MR) is 61.3 cm³/mol. The lowest BCUT2D eigenvalue weighted by atomic mass is 10.3. The van der Waals surface area contributed by atoms with E-state index < -0.39 is 21.4 Å². The number of aromatic nitrogens is 1. The van der Waals surface area contributed by atoms with Crippen LogP contribution in [-0.2, 0) is 0 Å². The molecule has 8 heteroatoms. The molecule has 1 heterocycles. The van der Waals surface area contributed by atoms with Crippen LogP contribution in [0, 0.1) is 20.2 Å². The molecule has 0 fully saturated rings. The van der Waals surface area contributed by atoms with E-state index in [1.54, 1.807) is 30.3 Å². The number of benzene rings is 1. The number of hydrogen-bond donors (Lipinski definition) is 0. The molecule has 1 aromatic carbocycles. The maximum absolute atomic E-state index is 11.0. The number of para-hydroxylation sites is 1. The molecule has 19 heavy (non-hydrogen) atoms. The average Bonchev–Trinajstić information content (AvgIpc) is 2.38. The minimum atomic E-state index is -0.766. The number of nitro groups is 2. The summed E-state index contributed by atoms with van der Waals surface area (Å²) in [6, 6.07) is 10.9. The van der Waals surface area contributed by atoms with E-state index in [0.717, 1.165) is 6.07 Å². The first-order valence-electron chi connectivity index (χ1n) is 5.00. The van der Waals surface area contributed by atoms with Gasteiger partial charge in [0.2, 0.25) is 5.69 Å². The normalized spacial score (nSPS) is 9.47. The zero-order chi connectivity index (χ0) is 13.1.